The normalized spacial score (nSPS) is 16.6. The number of sulfonamides is 1. The van der Waals surface area contributed by atoms with Crippen LogP contribution in [0.3, 0.4) is 0 Å². The monoisotopic (exact) mass is 222 g/mol. The van der Waals surface area contributed by atoms with Gasteiger partial charge in [-0.25, -0.2) is 13.1 Å². The van der Waals surface area contributed by atoms with Crippen LogP contribution in [0.1, 0.15) is 33.6 Å². The Morgan fingerprint density at radius 1 is 1.36 bits per heavy atom. The molecule has 0 aromatic rings. The molecule has 86 valence electrons. The van der Waals surface area contributed by atoms with Gasteiger partial charge in [-0.2, -0.15) is 0 Å². The molecule has 0 aromatic heterocycles. The SMILES string of the molecule is CCC(C)C(C)NS(=O)(=O)CCCN. The van der Waals surface area contributed by atoms with Gasteiger partial charge in [0.25, 0.3) is 0 Å². The molecule has 0 aliphatic rings. The summed E-state index contributed by atoms with van der Waals surface area (Å²) in [4.78, 5) is 0. The number of hydrogen-bond acceptors (Lipinski definition) is 3. The summed E-state index contributed by atoms with van der Waals surface area (Å²) in [7, 11) is -3.13. The van der Waals surface area contributed by atoms with E-state index in [1.807, 2.05) is 13.8 Å². The van der Waals surface area contributed by atoms with E-state index in [-0.39, 0.29) is 11.8 Å². The first-order chi connectivity index (χ1) is 6.43. The largest absolute Gasteiger partial charge is 0.330 e. The van der Waals surface area contributed by atoms with Crippen LogP contribution in [0.25, 0.3) is 0 Å². The average molecular weight is 222 g/mol. The molecule has 0 fully saturated rings. The van der Waals surface area contributed by atoms with Gasteiger partial charge in [0.05, 0.1) is 5.75 Å². The van der Waals surface area contributed by atoms with Crippen LogP contribution in [0.15, 0.2) is 0 Å². The van der Waals surface area contributed by atoms with E-state index in [2.05, 4.69) is 11.6 Å². The van der Waals surface area contributed by atoms with Crippen molar-refractivity contribution in [2.75, 3.05) is 12.3 Å². The van der Waals surface area contributed by atoms with Crippen LogP contribution in [-0.4, -0.2) is 26.8 Å². The summed E-state index contributed by atoms with van der Waals surface area (Å²) in [6.45, 7) is 6.40. The van der Waals surface area contributed by atoms with Crippen molar-refractivity contribution in [1.82, 2.24) is 4.72 Å². The van der Waals surface area contributed by atoms with Crippen LogP contribution >= 0.6 is 0 Å². The molecule has 0 saturated carbocycles. The summed E-state index contributed by atoms with van der Waals surface area (Å²) < 4.78 is 25.6. The Hall–Kier alpha value is -0.130. The van der Waals surface area contributed by atoms with E-state index in [4.69, 9.17) is 5.73 Å². The van der Waals surface area contributed by atoms with E-state index in [9.17, 15) is 8.42 Å². The van der Waals surface area contributed by atoms with E-state index in [0.717, 1.165) is 6.42 Å². The average Bonchev–Trinajstić information content (AvgIpc) is 2.12. The van der Waals surface area contributed by atoms with Gasteiger partial charge >= 0.3 is 0 Å². The van der Waals surface area contributed by atoms with Crippen molar-refractivity contribution in [1.29, 1.82) is 0 Å². The van der Waals surface area contributed by atoms with Crippen LogP contribution in [0.4, 0.5) is 0 Å². The molecule has 0 aliphatic carbocycles. The van der Waals surface area contributed by atoms with Crippen molar-refractivity contribution in [3.05, 3.63) is 0 Å². The molecule has 3 N–H and O–H groups in total. The van der Waals surface area contributed by atoms with Crippen LogP contribution in [0.5, 0.6) is 0 Å². The second-order valence-electron chi connectivity index (χ2n) is 3.75. The fraction of sp³-hybridized carbons (Fsp3) is 1.00. The van der Waals surface area contributed by atoms with Crippen molar-refractivity contribution in [3.63, 3.8) is 0 Å². The van der Waals surface area contributed by atoms with Crippen LogP contribution in [0, 0.1) is 5.92 Å². The van der Waals surface area contributed by atoms with E-state index in [1.165, 1.54) is 0 Å². The van der Waals surface area contributed by atoms with Crippen molar-refractivity contribution < 1.29 is 8.42 Å². The van der Waals surface area contributed by atoms with Gasteiger partial charge in [0.1, 0.15) is 0 Å². The van der Waals surface area contributed by atoms with Crippen LogP contribution in [0.2, 0.25) is 0 Å². The predicted molar refractivity (Wildman–Crippen MR) is 59.5 cm³/mol. The van der Waals surface area contributed by atoms with Crippen LogP contribution < -0.4 is 10.5 Å². The van der Waals surface area contributed by atoms with Gasteiger partial charge in [0, 0.05) is 6.04 Å². The molecule has 0 bridgehead atoms. The second-order valence-corrected chi connectivity index (χ2v) is 5.63. The topological polar surface area (TPSA) is 72.2 Å². The molecular formula is C9H22N2O2S. The maximum atomic E-state index is 11.5. The highest BCUT2D eigenvalue weighted by Crippen LogP contribution is 2.07. The third-order valence-electron chi connectivity index (χ3n) is 2.48. The second kappa shape index (κ2) is 6.37. The Kier molecular flexibility index (Phi) is 6.31. The summed E-state index contributed by atoms with van der Waals surface area (Å²) in [6.07, 6.45) is 1.49. The molecule has 0 radical (unpaired) electrons. The van der Waals surface area contributed by atoms with Crippen LogP contribution in [-0.2, 0) is 10.0 Å². The maximum Gasteiger partial charge on any atom is 0.211 e. The van der Waals surface area contributed by atoms with Crippen molar-refractivity contribution >= 4 is 10.0 Å². The minimum Gasteiger partial charge on any atom is -0.330 e. The molecule has 5 heteroatoms. The zero-order chi connectivity index (χ0) is 11.2. The molecule has 0 rings (SSSR count). The fourth-order valence-electron chi connectivity index (χ4n) is 1.09. The highest BCUT2D eigenvalue weighted by molar-refractivity contribution is 7.89. The van der Waals surface area contributed by atoms with Gasteiger partial charge in [-0.15, -0.1) is 0 Å². The third-order valence-corrected chi connectivity index (χ3v) is 4.04. The van der Waals surface area contributed by atoms with Gasteiger partial charge in [0.15, 0.2) is 0 Å². The third kappa shape index (κ3) is 5.57. The smallest absolute Gasteiger partial charge is 0.211 e. The van der Waals surface area contributed by atoms with E-state index >= 15 is 0 Å². The lowest BCUT2D eigenvalue weighted by molar-refractivity contribution is 0.433. The van der Waals surface area contributed by atoms with Gasteiger partial charge in [-0.1, -0.05) is 20.3 Å². The lowest BCUT2D eigenvalue weighted by Gasteiger charge is -2.19. The quantitative estimate of drug-likeness (QED) is 0.665. The minimum absolute atomic E-state index is 0.00257. The van der Waals surface area contributed by atoms with E-state index in [0.29, 0.717) is 18.9 Å². The molecule has 0 aromatic carbocycles. The lowest BCUT2D eigenvalue weighted by Crippen LogP contribution is -2.38. The Morgan fingerprint density at radius 3 is 2.36 bits per heavy atom. The van der Waals surface area contributed by atoms with Gasteiger partial charge in [-0.3, -0.25) is 0 Å². The Labute approximate surface area is 87.3 Å². The number of rotatable bonds is 7. The molecule has 2 atom stereocenters. The molecule has 0 saturated heterocycles. The van der Waals surface area contributed by atoms with Gasteiger partial charge in [0.2, 0.25) is 10.0 Å². The highest BCUT2D eigenvalue weighted by Gasteiger charge is 2.17. The minimum atomic E-state index is -3.13. The Bertz CT molecular complexity index is 239. The zero-order valence-corrected chi connectivity index (χ0v) is 10.1. The standard InChI is InChI=1S/C9H22N2O2S/c1-4-8(2)9(3)11-14(12,13)7-5-6-10/h8-9,11H,4-7,10H2,1-3H3. The van der Waals surface area contributed by atoms with Gasteiger partial charge < -0.3 is 5.73 Å². The Balaban J connectivity index is 4.08. The lowest BCUT2D eigenvalue weighted by atomic mass is 10.0. The summed E-state index contributed by atoms with van der Waals surface area (Å²) in [5.74, 6) is 0.493. The molecule has 4 nitrogen and oxygen atoms in total. The number of nitrogens with two attached hydrogens (primary N) is 1. The molecule has 0 spiro atoms. The number of nitrogens with one attached hydrogen (secondary N) is 1. The zero-order valence-electron chi connectivity index (χ0n) is 9.29. The summed E-state index contributed by atoms with van der Waals surface area (Å²) in [5, 5.41) is 0. The van der Waals surface area contributed by atoms with E-state index < -0.39 is 10.0 Å². The predicted octanol–water partition coefficient (Wildman–Crippen LogP) is 0.689. The van der Waals surface area contributed by atoms with Crippen molar-refractivity contribution in [3.8, 4) is 0 Å². The molecule has 0 heterocycles. The summed E-state index contributed by atoms with van der Waals surface area (Å²) >= 11 is 0. The highest BCUT2D eigenvalue weighted by atomic mass is 32.2. The van der Waals surface area contributed by atoms with Crippen molar-refractivity contribution in [2.45, 2.75) is 39.7 Å². The molecule has 2 unspecified atom stereocenters. The number of hydrogen-bond donors (Lipinski definition) is 2. The summed E-state index contributed by atoms with van der Waals surface area (Å²) in [6, 6.07) is 0.00257. The molecule has 0 amide bonds. The maximum absolute atomic E-state index is 11.5. The Morgan fingerprint density at radius 2 is 1.93 bits per heavy atom. The van der Waals surface area contributed by atoms with E-state index in [1.54, 1.807) is 0 Å². The molecule has 0 aliphatic heterocycles. The molecular weight excluding hydrogens is 200 g/mol. The van der Waals surface area contributed by atoms with Crippen molar-refractivity contribution in [2.24, 2.45) is 11.7 Å². The van der Waals surface area contributed by atoms with Gasteiger partial charge in [-0.05, 0) is 25.8 Å². The molecule has 14 heavy (non-hydrogen) atoms. The fourth-order valence-corrected chi connectivity index (χ4v) is 2.55. The first-order valence-corrected chi connectivity index (χ1v) is 6.78. The first-order valence-electron chi connectivity index (χ1n) is 5.13. The first kappa shape index (κ1) is 13.9. The summed E-state index contributed by atoms with van der Waals surface area (Å²) in [5.41, 5.74) is 5.26.